The molecular formula is C23H24N4O. The Bertz CT molecular complexity index is 1030. The summed E-state index contributed by atoms with van der Waals surface area (Å²) in [5.41, 5.74) is 13.1. The van der Waals surface area contributed by atoms with Crippen LogP contribution >= 0.6 is 0 Å². The van der Waals surface area contributed by atoms with E-state index in [1.807, 2.05) is 25.1 Å². The number of hydrogen-bond acceptors (Lipinski definition) is 4. The Hall–Kier alpha value is -3.02. The van der Waals surface area contributed by atoms with Gasteiger partial charge in [0.2, 0.25) is 0 Å². The summed E-state index contributed by atoms with van der Waals surface area (Å²) in [7, 11) is 0. The number of amides is 1. The SMILES string of the molecule is C/C(=N\NC(=O)C1CC(c2ccc(C)cc2)NN1)c1ccc2ccccc2c1. The van der Waals surface area contributed by atoms with Gasteiger partial charge in [-0.15, -0.1) is 0 Å². The predicted molar refractivity (Wildman–Crippen MR) is 113 cm³/mol. The van der Waals surface area contributed by atoms with E-state index >= 15 is 0 Å². The number of fused-ring (bicyclic) bond motifs is 1. The van der Waals surface area contributed by atoms with Crippen LogP contribution in [0.3, 0.4) is 0 Å². The standard InChI is InChI=1S/C23H24N4O/c1-15-7-9-18(10-8-15)21-14-22(26-25-21)23(28)27-24-16(2)19-12-11-17-5-3-4-6-20(17)13-19/h3-13,21-22,25-26H,14H2,1-2H3,(H,27,28)/b24-16+. The molecule has 3 aromatic rings. The summed E-state index contributed by atoms with van der Waals surface area (Å²) in [6.45, 7) is 3.97. The highest BCUT2D eigenvalue weighted by atomic mass is 16.2. The number of benzene rings is 3. The molecule has 1 aliphatic heterocycles. The van der Waals surface area contributed by atoms with Crippen LogP contribution in [0.2, 0.25) is 0 Å². The van der Waals surface area contributed by atoms with Crippen LogP contribution in [0.5, 0.6) is 0 Å². The number of carbonyl (C=O) groups excluding carboxylic acids is 1. The first kappa shape index (κ1) is 18.3. The van der Waals surface area contributed by atoms with E-state index in [9.17, 15) is 4.79 Å². The molecule has 1 aliphatic rings. The van der Waals surface area contributed by atoms with Crippen LogP contribution in [0.1, 0.15) is 36.1 Å². The highest BCUT2D eigenvalue weighted by molar-refractivity contribution is 6.02. The zero-order valence-corrected chi connectivity index (χ0v) is 16.1. The molecule has 1 amide bonds. The minimum atomic E-state index is -0.320. The molecule has 5 nitrogen and oxygen atoms in total. The normalized spacial score (nSPS) is 19.7. The van der Waals surface area contributed by atoms with Gasteiger partial charge in [0, 0.05) is 6.04 Å². The Morgan fingerprint density at radius 3 is 2.54 bits per heavy atom. The van der Waals surface area contributed by atoms with Crippen molar-refractivity contribution in [3.8, 4) is 0 Å². The Labute approximate surface area is 164 Å². The average Bonchev–Trinajstić information content (AvgIpc) is 3.22. The maximum absolute atomic E-state index is 12.5. The van der Waals surface area contributed by atoms with Crippen molar-refractivity contribution in [2.75, 3.05) is 0 Å². The van der Waals surface area contributed by atoms with E-state index < -0.39 is 0 Å². The largest absolute Gasteiger partial charge is 0.271 e. The molecule has 4 rings (SSSR count). The van der Waals surface area contributed by atoms with Gasteiger partial charge in [-0.25, -0.2) is 16.3 Å². The monoisotopic (exact) mass is 372 g/mol. The summed E-state index contributed by atoms with van der Waals surface area (Å²) >= 11 is 0. The number of hydrazone groups is 1. The smallest absolute Gasteiger partial charge is 0.258 e. The molecule has 3 N–H and O–H groups in total. The highest BCUT2D eigenvalue weighted by Crippen LogP contribution is 2.22. The van der Waals surface area contributed by atoms with Crippen molar-refractivity contribution in [3.05, 3.63) is 83.4 Å². The number of hydrazine groups is 1. The van der Waals surface area contributed by atoms with Crippen molar-refractivity contribution in [2.45, 2.75) is 32.4 Å². The molecule has 0 saturated carbocycles. The van der Waals surface area contributed by atoms with Crippen LogP contribution in [0, 0.1) is 6.92 Å². The van der Waals surface area contributed by atoms with Crippen LogP contribution in [-0.2, 0) is 4.79 Å². The van der Waals surface area contributed by atoms with Crippen LogP contribution in [0.25, 0.3) is 10.8 Å². The van der Waals surface area contributed by atoms with E-state index in [-0.39, 0.29) is 18.0 Å². The number of nitrogens with zero attached hydrogens (tertiary/aromatic N) is 1. The van der Waals surface area contributed by atoms with E-state index in [1.54, 1.807) is 0 Å². The zero-order valence-electron chi connectivity index (χ0n) is 16.1. The van der Waals surface area contributed by atoms with Gasteiger partial charge in [0.1, 0.15) is 6.04 Å². The Morgan fingerprint density at radius 1 is 1.00 bits per heavy atom. The van der Waals surface area contributed by atoms with Gasteiger partial charge >= 0.3 is 0 Å². The lowest BCUT2D eigenvalue weighted by Crippen LogP contribution is -2.41. The summed E-state index contributed by atoms with van der Waals surface area (Å²) in [4.78, 5) is 12.5. The fraction of sp³-hybridized carbons (Fsp3) is 0.217. The summed E-state index contributed by atoms with van der Waals surface area (Å²) in [5.74, 6) is -0.137. The molecule has 1 heterocycles. The van der Waals surface area contributed by atoms with Crippen molar-refractivity contribution in [3.63, 3.8) is 0 Å². The average molecular weight is 372 g/mol. The molecule has 0 aromatic heterocycles. The number of hydrogen-bond donors (Lipinski definition) is 3. The van der Waals surface area contributed by atoms with Crippen LogP contribution in [-0.4, -0.2) is 17.7 Å². The molecule has 2 unspecified atom stereocenters. The first-order valence-electron chi connectivity index (χ1n) is 9.51. The van der Waals surface area contributed by atoms with Crippen molar-refractivity contribution in [1.29, 1.82) is 0 Å². The lowest BCUT2D eigenvalue weighted by atomic mass is 10.0. The number of aryl methyl sites for hydroxylation is 1. The third kappa shape index (κ3) is 3.96. The highest BCUT2D eigenvalue weighted by Gasteiger charge is 2.30. The maximum atomic E-state index is 12.5. The van der Waals surface area contributed by atoms with Gasteiger partial charge in [-0.1, -0.05) is 66.2 Å². The summed E-state index contributed by atoms with van der Waals surface area (Å²) in [5, 5.41) is 6.65. The Kier molecular flexibility index (Phi) is 5.19. The van der Waals surface area contributed by atoms with Gasteiger partial charge in [-0.05, 0) is 48.2 Å². The number of nitrogens with one attached hydrogen (secondary N) is 3. The molecule has 0 spiro atoms. The van der Waals surface area contributed by atoms with E-state index in [2.05, 4.69) is 76.8 Å². The fourth-order valence-corrected chi connectivity index (χ4v) is 3.44. The minimum Gasteiger partial charge on any atom is -0.271 e. The zero-order chi connectivity index (χ0) is 19.5. The Balaban J connectivity index is 1.39. The Morgan fingerprint density at radius 2 is 1.75 bits per heavy atom. The first-order chi connectivity index (χ1) is 13.6. The lowest BCUT2D eigenvalue weighted by Gasteiger charge is -2.10. The van der Waals surface area contributed by atoms with Crippen LogP contribution in [0.15, 0.2) is 71.8 Å². The first-order valence-corrected chi connectivity index (χ1v) is 9.51. The fourth-order valence-electron chi connectivity index (χ4n) is 3.44. The lowest BCUT2D eigenvalue weighted by molar-refractivity contribution is -0.122. The van der Waals surface area contributed by atoms with Crippen LogP contribution < -0.4 is 16.3 Å². The van der Waals surface area contributed by atoms with Crippen molar-refractivity contribution < 1.29 is 4.79 Å². The van der Waals surface area contributed by atoms with E-state index in [4.69, 9.17) is 0 Å². The second kappa shape index (κ2) is 7.92. The third-order valence-electron chi connectivity index (χ3n) is 5.20. The second-order valence-electron chi connectivity index (χ2n) is 7.28. The molecule has 1 fully saturated rings. The second-order valence-corrected chi connectivity index (χ2v) is 7.28. The molecular weight excluding hydrogens is 348 g/mol. The molecule has 1 saturated heterocycles. The number of rotatable bonds is 4. The molecule has 0 aliphatic carbocycles. The van der Waals surface area contributed by atoms with Gasteiger partial charge in [0.05, 0.1) is 5.71 Å². The molecule has 2 atom stereocenters. The van der Waals surface area contributed by atoms with Gasteiger partial charge in [0.25, 0.3) is 5.91 Å². The van der Waals surface area contributed by atoms with Gasteiger partial charge in [-0.2, -0.15) is 5.10 Å². The van der Waals surface area contributed by atoms with Gasteiger partial charge in [-0.3, -0.25) is 4.79 Å². The topological polar surface area (TPSA) is 65.5 Å². The van der Waals surface area contributed by atoms with Crippen LogP contribution in [0.4, 0.5) is 0 Å². The minimum absolute atomic E-state index is 0.113. The molecule has 142 valence electrons. The molecule has 0 radical (unpaired) electrons. The quantitative estimate of drug-likeness (QED) is 0.484. The summed E-state index contributed by atoms with van der Waals surface area (Å²) in [6, 6.07) is 22.5. The van der Waals surface area contributed by atoms with Gasteiger partial charge < -0.3 is 0 Å². The molecule has 5 heteroatoms. The van der Waals surface area contributed by atoms with Crippen molar-refractivity contribution >= 4 is 22.4 Å². The summed E-state index contributed by atoms with van der Waals surface area (Å²) < 4.78 is 0. The number of carbonyl (C=O) groups is 1. The third-order valence-corrected chi connectivity index (χ3v) is 5.20. The molecule has 0 bridgehead atoms. The molecule has 3 aromatic carbocycles. The van der Waals surface area contributed by atoms with E-state index in [0.717, 1.165) is 16.7 Å². The molecule has 28 heavy (non-hydrogen) atoms. The predicted octanol–water partition coefficient (Wildman–Crippen LogP) is 3.60. The summed E-state index contributed by atoms with van der Waals surface area (Å²) in [6.07, 6.45) is 0.680. The van der Waals surface area contributed by atoms with Gasteiger partial charge in [0.15, 0.2) is 0 Å². The van der Waals surface area contributed by atoms with E-state index in [1.165, 1.54) is 16.5 Å². The maximum Gasteiger partial charge on any atom is 0.258 e. The van der Waals surface area contributed by atoms with E-state index in [0.29, 0.717) is 6.42 Å². The van der Waals surface area contributed by atoms with Crippen molar-refractivity contribution in [2.24, 2.45) is 5.10 Å². The van der Waals surface area contributed by atoms with Crippen molar-refractivity contribution in [1.82, 2.24) is 16.3 Å².